The van der Waals surface area contributed by atoms with Gasteiger partial charge in [-0.2, -0.15) is 0 Å². The van der Waals surface area contributed by atoms with Crippen LogP contribution in [-0.4, -0.2) is 35.7 Å². The second-order valence-electron chi connectivity index (χ2n) is 3.66. The molecular weight excluding hydrogens is 150 g/mol. The summed E-state index contributed by atoms with van der Waals surface area (Å²) < 4.78 is 0. The molecule has 0 spiro atoms. The summed E-state index contributed by atoms with van der Waals surface area (Å²) in [4.78, 5) is 2.39. The van der Waals surface area contributed by atoms with Gasteiger partial charge in [0.1, 0.15) is 0 Å². The molecule has 2 heteroatoms. The third kappa shape index (κ3) is 2.32. The van der Waals surface area contributed by atoms with Crippen molar-refractivity contribution >= 4 is 0 Å². The van der Waals surface area contributed by atoms with E-state index in [-0.39, 0.29) is 0 Å². The van der Waals surface area contributed by atoms with Crippen LogP contribution in [0.5, 0.6) is 0 Å². The molecule has 2 unspecified atom stereocenters. The molecule has 1 heterocycles. The Balaban J connectivity index is 2.39. The highest BCUT2D eigenvalue weighted by molar-refractivity contribution is 4.86. The molecule has 0 aromatic rings. The Morgan fingerprint density at radius 3 is 3.08 bits per heavy atom. The second-order valence-corrected chi connectivity index (χ2v) is 3.66. The molecule has 1 aliphatic rings. The van der Waals surface area contributed by atoms with Crippen molar-refractivity contribution in [1.29, 1.82) is 0 Å². The van der Waals surface area contributed by atoms with Crippen LogP contribution in [-0.2, 0) is 0 Å². The van der Waals surface area contributed by atoms with Gasteiger partial charge in [-0.1, -0.05) is 6.08 Å². The summed E-state index contributed by atoms with van der Waals surface area (Å²) in [7, 11) is 0. The molecule has 70 valence electrons. The van der Waals surface area contributed by atoms with Crippen molar-refractivity contribution in [2.75, 3.05) is 19.7 Å². The molecule has 1 aliphatic heterocycles. The Kier molecular flexibility index (Phi) is 3.76. The Hall–Kier alpha value is -0.340. The highest BCUT2D eigenvalue weighted by atomic mass is 16.3. The van der Waals surface area contributed by atoms with Crippen molar-refractivity contribution in [3.8, 4) is 0 Å². The van der Waals surface area contributed by atoms with Crippen LogP contribution >= 0.6 is 0 Å². The van der Waals surface area contributed by atoms with E-state index in [4.69, 9.17) is 5.11 Å². The van der Waals surface area contributed by atoms with Crippen LogP contribution in [0.3, 0.4) is 0 Å². The van der Waals surface area contributed by atoms with Gasteiger partial charge >= 0.3 is 0 Å². The Labute approximate surface area is 74.9 Å². The maximum Gasteiger partial charge on any atom is 0.0471 e. The van der Waals surface area contributed by atoms with Crippen molar-refractivity contribution in [2.24, 2.45) is 5.92 Å². The lowest BCUT2D eigenvalue weighted by molar-refractivity contribution is 0.107. The summed E-state index contributed by atoms with van der Waals surface area (Å²) in [6.45, 7) is 8.46. The number of piperidine rings is 1. The number of nitrogens with zero attached hydrogens (tertiary/aromatic N) is 1. The average Bonchev–Trinajstić information content (AvgIpc) is 2.17. The third-order valence-corrected chi connectivity index (χ3v) is 2.73. The zero-order valence-electron chi connectivity index (χ0n) is 7.87. The van der Waals surface area contributed by atoms with Crippen LogP contribution in [0.1, 0.15) is 19.8 Å². The molecule has 0 radical (unpaired) electrons. The summed E-state index contributed by atoms with van der Waals surface area (Å²) in [6, 6.07) is 0.458. The van der Waals surface area contributed by atoms with Crippen LogP contribution in [0.4, 0.5) is 0 Å². The van der Waals surface area contributed by atoms with E-state index in [0.29, 0.717) is 18.6 Å². The predicted molar refractivity (Wildman–Crippen MR) is 51.0 cm³/mol. The zero-order chi connectivity index (χ0) is 8.97. The molecule has 12 heavy (non-hydrogen) atoms. The second kappa shape index (κ2) is 4.63. The first kappa shape index (κ1) is 9.75. The van der Waals surface area contributed by atoms with E-state index >= 15 is 0 Å². The summed E-state index contributed by atoms with van der Waals surface area (Å²) >= 11 is 0. The van der Waals surface area contributed by atoms with E-state index in [0.717, 1.165) is 13.1 Å². The molecule has 0 bridgehead atoms. The highest BCUT2D eigenvalue weighted by Gasteiger charge is 2.21. The number of hydrogen-bond acceptors (Lipinski definition) is 2. The lowest BCUT2D eigenvalue weighted by Gasteiger charge is -2.34. The maximum atomic E-state index is 9.01. The Morgan fingerprint density at radius 2 is 2.50 bits per heavy atom. The van der Waals surface area contributed by atoms with E-state index < -0.39 is 0 Å². The topological polar surface area (TPSA) is 23.5 Å². The lowest BCUT2D eigenvalue weighted by atomic mass is 9.98. The zero-order valence-corrected chi connectivity index (χ0v) is 7.87. The fraction of sp³-hybridized carbons (Fsp3) is 0.800. The van der Waals surface area contributed by atoms with Crippen molar-refractivity contribution in [1.82, 2.24) is 4.90 Å². The summed E-state index contributed by atoms with van der Waals surface area (Å²) in [5, 5.41) is 9.01. The highest BCUT2D eigenvalue weighted by Crippen LogP contribution is 2.17. The predicted octanol–water partition coefficient (Wildman–Crippen LogP) is 1.27. The maximum absolute atomic E-state index is 9.01. The fourth-order valence-electron chi connectivity index (χ4n) is 1.77. The normalized spacial score (nSPS) is 28.3. The number of aliphatic hydroxyl groups is 1. The lowest BCUT2D eigenvalue weighted by Crippen LogP contribution is -2.41. The minimum atomic E-state index is 0.334. The molecule has 0 aliphatic carbocycles. The number of hydrogen-bond donors (Lipinski definition) is 1. The first-order valence-electron chi connectivity index (χ1n) is 4.75. The first-order chi connectivity index (χ1) is 5.77. The third-order valence-electron chi connectivity index (χ3n) is 2.73. The van der Waals surface area contributed by atoms with Gasteiger partial charge < -0.3 is 5.11 Å². The fourth-order valence-corrected chi connectivity index (χ4v) is 1.77. The van der Waals surface area contributed by atoms with Gasteiger partial charge in [0.05, 0.1) is 0 Å². The first-order valence-corrected chi connectivity index (χ1v) is 4.75. The van der Waals surface area contributed by atoms with Crippen LogP contribution in [0.25, 0.3) is 0 Å². The number of aliphatic hydroxyl groups excluding tert-OH is 1. The average molecular weight is 169 g/mol. The van der Waals surface area contributed by atoms with Crippen molar-refractivity contribution in [3.63, 3.8) is 0 Å². The number of likely N-dealkylation sites (tertiary alicyclic amines) is 1. The van der Waals surface area contributed by atoms with Crippen molar-refractivity contribution < 1.29 is 5.11 Å². The number of rotatable bonds is 3. The quantitative estimate of drug-likeness (QED) is 0.643. The van der Waals surface area contributed by atoms with Gasteiger partial charge in [-0.05, 0) is 32.2 Å². The van der Waals surface area contributed by atoms with Gasteiger partial charge in [0.15, 0.2) is 0 Å². The van der Waals surface area contributed by atoms with Crippen molar-refractivity contribution in [3.05, 3.63) is 12.7 Å². The SMILES string of the molecule is C=CC(C)N1CCCC(CO)C1. The van der Waals surface area contributed by atoms with Crippen molar-refractivity contribution in [2.45, 2.75) is 25.8 Å². The summed E-state index contributed by atoms with van der Waals surface area (Å²) in [6.07, 6.45) is 4.36. The van der Waals surface area contributed by atoms with E-state index in [1.807, 2.05) is 6.08 Å². The van der Waals surface area contributed by atoms with Crippen LogP contribution in [0, 0.1) is 5.92 Å². The molecular formula is C10H19NO. The van der Waals surface area contributed by atoms with Gasteiger partial charge in [0, 0.05) is 19.2 Å². The van der Waals surface area contributed by atoms with Crippen LogP contribution in [0.15, 0.2) is 12.7 Å². The van der Waals surface area contributed by atoms with Crippen LogP contribution in [0.2, 0.25) is 0 Å². The Morgan fingerprint density at radius 1 is 1.75 bits per heavy atom. The monoisotopic (exact) mass is 169 g/mol. The summed E-state index contributed by atoms with van der Waals surface area (Å²) in [5.74, 6) is 0.487. The summed E-state index contributed by atoms with van der Waals surface area (Å²) in [5.41, 5.74) is 0. The molecule has 0 amide bonds. The van der Waals surface area contributed by atoms with Gasteiger partial charge in [-0.25, -0.2) is 0 Å². The minimum absolute atomic E-state index is 0.334. The molecule has 2 atom stereocenters. The Bertz CT molecular complexity index is 147. The molecule has 0 aromatic heterocycles. The largest absolute Gasteiger partial charge is 0.396 e. The molecule has 1 N–H and O–H groups in total. The van der Waals surface area contributed by atoms with Gasteiger partial charge in [-0.15, -0.1) is 6.58 Å². The van der Waals surface area contributed by atoms with Gasteiger partial charge in [0.2, 0.25) is 0 Å². The van der Waals surface area contributed by atoms with E-state index in [1.54, 1.807) is 0 Å². The molecule has 2 nitrogen and oxygen atoms in total. The smallest absolute Gasteiger partial charge is 0.0471 e. The minimum Gasteiger partial charge on any atom is -0.396 e. The molecule has 0 saturated carbocycles. The van der Waals surface area contributed by atoms with E-state index in [1.165, 1.54) is 12.8 Å². The standard InChI is InChI=1S/C10H19NO/c1-3-9(2)11-6-4-5-10(7-11)8-12/h3,9-10,12H,1,4-8H2,2H3. The molecule has 1 rings (SSSR count). The molecule has 1 fully saturated rings. The molecule has 0 aromatic carbocycles. The van der Waals surface area contributed by atoms with Gasteiger partial charge in [0.25, 0.3) is 0 Å². The van der Waals surface area contributed by atoms with E-state index in [9.17, 15) is 0 Å². The van der Waals surface area contributed by atoms with E-state index in [2.05, 4.69) is 18.4 Å². The van der Waals surface area contributed by atoms with Gasteiger partial charge in [-0.3, -0.25) is 4.90 Å². The molecule has 1 saturated heterocycles. The van der Waals surface area contributed by atoms with Crippen LogP contribution < -0.4 is 0 Å².